The van der Waals surface area contributed by atoms with Crippen molar-refractivity contribution in [3.05, 3.63) is 35.2 Å². The van der Waals surface area contributed by atoms with Gasteiger partial charge in [-0.25, -0.2) is 4.68 Å². The number of hydrogen-bond donors (Lipinski definition) is 0. The van der Waals surface area contributed by atoms with E-state index in [-0.39, 0.29) is 12.1 Å². The zero-order valence-corrected chi connectivity index (χ0v) is 18.9. The summed E-state index contributed by atoms with van der Waals surface area (Å²) in [6.45, 7) is 14.7. The van der Waals surface area contributed by atoms with Crippen LogP contribution in [0.4, 0.5) is 5.69 Å². The molecule has 0 aliphatic carbocycles. The Morgan fingerprint density at radius 2 is 1.93 bits per heavy atom. The summed E-state index contributed by atoms with van der Waals surface area (Å²) in [5, 5.41) is 12.8. The lowest BCUT2D eigenvalue weighted by molar-refractivity contribution is 0.0885. The van der Waals surface area contributed by atoms with Crippen molar-refractivity contribution in [3.8, 4) is 0 Å². The van der Waals surface area contributed by atoms with E-state index in [4.69, 9.17) is 4.74 Å². The van der Waals surface area contributed by atoms with Crippen molar-refractivity contribution < 1.29 is 4.74 Å². The molecular weight excluding hydrogens is 376 g/mol. The number of anilines is 1. The first-order valence-corrected chi connectivity index (χ1v) is 11.4. The molecule has 30 heavy (non-hydrogen) atoms. The van der Waals surface area contributed by atoms with Gasteiger partial charge in [0.05, 0.1) is 18.7 Å². The maximum atomic E-state index is 5.83. The summed E-state index contributed by atoms with van der Waals surface area (Å²) in [7, 11) is 0. The van der Waals surface area contributed by atoms with E-state index in [1.807, 2.05) is 4.68 Å². The number of piperazine rings is 1. The van der Waals surface area contributed by atoms with E-state index in [9.17, 15) is 0 Å². The smallest absolute Gasteiger partial charge is 0.168 e. The van der Waals surface area contributed by atoms with Crippen LogP contribution in [0.25, 0.3) is 0 Å². The largest absolute Gasteiger partial charge is 0.376 e. The summed E-state index contributed by atoms with van der Waals surface area (Å²) in [5.41, 5.74) is 4.05. The first-order chi connectivity index (χ1) is 14.5. The SMILES string of the molecule is Cc1ccc(C)c(N2CCN(C(CC(C)C)c3nnnn3CC3CCCO3)CC2)c1. The van der Waals surface area contributed by atoms with Gasteiger partial charge < -0.3 is 9.64 Å². The van der Waals surface area contributed by atoms with Gasteiger partial charge in [0.1, 0.15) is 0 Å². The van der Waals surface area contributed by atoms with Crippen molar-refractivity contribution in [1.29, 1.82) is 0 Å². The van der Waals surface area contributed by atoms with E-state index in [2.05, 4.69) is 71.2 Å². The summed E-state index contributed by atoms with van der Waals surface area (Å²) in [5.74, 6) is 1.58. The van der Waals surface area contributed by atoms with Gasteiger partial charge in [0, 0.05) is 38.5 Å². The van der Waals surface area contributed by atoms with Gasteiger partial charge >= 0.3 is 0 Å². The maximum absolute atomic E-state index is 5.83. The second-order valence-electron chi connectivity index (χ2n) is 9.31. The van der Waals surface area contributed by atoms with Crippen LogP contribution in [0, 0.1) is 19.8 Å². The highest BCUT2D eigenvalue weighted by Crippen LogP contribution is 2.30. The number of ether oxygens (including phenoxy) is 1. The predicted octanol–water partition coefficient (Wildman–Crippen LogP) is 3.38. The van der Waals surface area contributed by atoms with Crippen molar-refractivity contribution >= 4 is 5.69 Å². The predicted molar refractivity (Wildman–Crippen MR) is 119 cm³/mol. The van der Waals surface area contributed by atoms with Gasteiger partial charge in [0.25, 0.3) is 0 Å². The van der Waals surface area contributed by atoms with E-state index in [1.165, 1.54) is 16.8 Å². The van der Waals surface area contributed by atoms with Gasteiger partial charge in [0.15, 0.2) is 5.82 Å². The molecule has 0 amide bonds. The quantitative estimate of drug-likeness (QED) is 0.695. The van der Waals surface area contributed by atoms with Crippen molar-refractivity contribution in [2.45, 2.75) is 65.6 Å². The molecule has 0 spiro atoms. The molecule has 7 heteroatoms. The van der Waals surface area contributed by atoms with Crippen LogP contribution in [0.2, 0.25) is 0 Å². The third-order valence-corrected chi connectivity index (χ3v) is 6.41. The highest BCUT2D eigenvalue weighted by Gasteiger charge is 2.31. The van der Waals surface area contributed by atoms with Crippen LogP contribution >= 0.6 is 0 Å². The second kappa shape index (κ2) is 9.43. The van der Waals surface area contributed by atoms with E-state index in [0.717, 1.165) is 64.4 Å². The van der Waals surface area contributed by atoms with E-state index < -0.39 is 0 Å². The molecule has 0 N–H and O–H groups in total. The normalized spacial score (nSPS) is 21.5. The summed E-state index contributed by atoms with van der Waals surface area (Å²) in [4.78, 5) is 5.11. The van der Waals surface area contributed by atoms with Gasteiger partial charge in [-0.3, -0.25) is 4.90 Å². The number of benzene rings is 1. The van der Waals surface area contributed by atoms with E-state index in [1.54, 1.807) is 0 Å². The van der Waals surface area contributed by atoms with Gasteiger partial charge in [-0.05, 0) is 66.6 Å². The molecule has 2 unspecified atom stereocenters. The fourth-order valence-electron chi connectivity index (χ4n) is 4.76. The van der Waals surface area contributed by atoms with E-state index >= 15 is 0 Å². The van der Waals surface area contributed by atoms with Crippen LogP contribution in [0.3, 0.4) is 0 Å². The Bertz CT molecular complexity index is 821. The summed E-state index contributed by atoms with van der Waals surface area (Å²) >= 11 is 0. The molecule has 0 saturated carbocycles. The van der Waals surface area contributed by atoms with Gasteiger partial charge in [-0.2, -0.15) is 0 Å². The Kier molecular flexibility index (Phi) is 6.68. The molecule has 4 rings (SSSR count). The number of tetrazole rings is 1. The lowest BCUT2D eigenvalue weighted by Gasteiger charge is -2.40. The molecule has 1 aromatic carbocycles. The molecule has 0 radical (unpaired) electrons. The first kappa shape index (κ1) is 21.2. The second-order valence-corrected chi connectivity index (χ2v) is 9.31. The van der Waals surface area contributed by atoms with E-state index in [0.29, 0.717) is 5.92 Å². The molecule has 2 aliphatic rings. The Labute approximate surface area is 180 Å². The lowest BCUT2D eigenvalue weighted by Crippen LogP contribution is -2.48. The van der Waals surface area contributed by atoms with Crippen molar-refractivity contribution in [3.63, 3.8) is 0 Å². The van der Waals surface area contributed by atoms with Crippen molar-refractivity contribution in [2.75, 3.05) is 37.7 Å². The van der Waals surface area contributed by atoms with Crippen LogP contribution in [-0.4, -0.2) is 64.0 Å². The highest BCUT2D eigenvalue weighted by molar-refractivity contribution is 5.55. The number of hydrogen-bond acceptors (Lipinski definition) is 6. The molecule has 3 heterocycles. The minimum Gasteiger partial charge on any atom is -0.376 e. The Morgan fingerprint density at radius 1 is 1.13 bits per heavy atom. The molecule has 2 atom stereocenters. The van der Waals surface area contributed by atoms with Gasteiger partial charge in [-0.15, -0.1) is 5.10 Å². The number of nitrogens with zero attached hydrogens (tertiary/aromatic N) is 6. The minimum atomic E-state index is 0.244. The monoisotopic (exact) mass is 412 g/mol. The lowest BCUT2D eigenvalue weighted by atomic mass is 10.0. The van der Waals surface area contributed by atoms with Crippen LogP contribution in [0.5, 0.6) is 0 Å². The zero-order chi connectivity index (χ0) is 21.1. The average Bonchev–Trinajstić information content (AvgIpc) is 3.41. The molecular formula is C23H36N6O. The molecule has 0 bridgehead atoms. The van der Waals surface area contributed by atoms with Crippen LogP contribution in [0.15, 0.2) is 18.2 Å². The van der Waals surface area contributed by atoms with Crippen molar-refractivity contribution in [2.24, 2.45) is 5.92 Å². The minimum absolute atomic E-state index is 0.244. The first-order valence-electron chi connectivity index (χ1n) is 11.4. The summed E-state index contributed by atoms with van der Waals surface area (Å²) < 4.78 is 7.83. The zero-order valence-electron chi connectivity index (χ0n) is 18.9. The third kappa shape index (κ3) is 4.83. The molecule has 2 saturated heterocycles. The fourth-order valence-corrected chi connectivity index (χ4v) is 4.76. The third-order valence-electron chi connectivity index (χ3n) is 6.41. The molecule has 2 aromatic rings. The topological polar surface area (TPSA) is 59.3 Å². The molecule has 2 aliphatic heterocycles. The van der Waals surface area contributed by atoms with Crippen LogP contribution < -0.4 is 4.90 Å². The van der Waals surface area contributed by atoms with Gasteiger partial charge in [-0.1, -0.05) is 26.0 Å². The Morgan fingerprint density at radius 3 is 2.63 bits per heavy atom. The van der Waals surface area contributed by atoms with Crippen LogP contribution in [0.1, 0.15) is 56.1 Å². The molecule has 1 aromatic heterocycles. The summed E-state index contributed by atoms with van der Waals surface area (Å²) in [6.07, 6.45) is 3.55. The average molecular weight is 413 g/mol. The molecule has 164 valence electrons. The molecule has 2 fully saturated rings. The number of aromatic nitrogens is 4. The number of rotatable bonds is 7. The van der Waals surface area contributed by atoms with Crippen molar-refractivity contribution in [1.82, 2.24) is 25.1 Å². The van der Waals surface area contributed by atoms with Crippen LogP contribution in [-0.2, 0) is 11.3 Å². The number of aryl methyl sites for hydroxylation is 2. The standard InChI is InChI=1S/C23H36N6O/c1-17(2)14-22(23-24-25-26-29(23)16-20-6-5-13-30-20)28-11-9-27(10-12-28)21-15-18(3)7-8-19(21)4/h7-8,15,17,20,22H,5-6,9-14,16H2,1-4H3. The fraction of sp³-hybridized carbons (Fsp3) is 0.696. The Hall–Kier alpha value is -1.99. The summed E-state index contributed by atoms with van der Waals surface area (Å²) in [6, 6.07) is 7.00. The molecule has 7 nitrogen and oxygen atoms in total. The Balaban J connectivity index is 1.48. The maximum Gasteiger partial charge on any atom is 0.168 e. The van der Waals surface area contributed by atoms with Gasteiger partial charge in [0.2, 0.25) is 0 Å². The highest BCUT2D eigenvalue weighted by atomic mass is 16.5.